The average Bonchev–Trinajstić information content (AvgIpc) is 3.06. The zero-order valence-electron chi connectivity index (χ0n) is 26.8. The van der Waals surface area contributed by atoms with E-state index in [1.165, 1.54) is 0 Å². The van der Waals surface area contributed by atoms with Crippen LogP contribution in [0.15, 0.2) is 36.4 Å². The van der Waals surface area contributed by atoms with Crippen molar-refractivity contribution in [2.45, 2.75) is 122 Å². The van der Waals surface area contributed by atoms with Crippen molar-refractivity contribution in [1.82, 2.24) is 0 Å². The molecule has 0 atom stereocenters. The molecule has 3 nitrogen and oxygen atoms in total. The summed E-state index contributed by atoms with van der Waals surface area (Å²) in [5, 5.41) is 0. The van der Waals surface area contributed by atoms with Gasteiger partial charge in [-0.3, -0.25) is 4.79 Å². The van der Waals surface area contributed by atoms with Gasteiger partial charge in [-0.1, -0.05) is 30.4 Å². The van der Waals surface area contributed by atoms with Crippen LogP contribution in [0.3, 0.4) is 0 Å². The van der Waals surface area contributed by atoms with Crippen LogP contribution in [-0.4, -0.2) is 18.7 Å². The van der Waals surface area contributed by atoms with Crippen molar-refractivity contribution in [3.05, 3.63) is 76.4 Å². The maximum atomic E-state index is 14.9. The molecule has 0 saturated heterocycles. The third kappa shape index (κ3) is 7.94. The van der Waals surface area contributed by atoms with Crippen molar-refractivity contribution in [1.29, 1.82) is 0 Å². The van der Waals surface area contributed by atoms with Gasteiger partial charge in [-0.25, -0.2) is 13.2 Å². The molecule has 3 fully saturated rings. The molecule has 3 aliphatic rings. The lowest BCUT2D eigenvalue weighted by Gasteiger charge is -2.38. The number of carbonyl (C=O) groups is 1. The first-order chi connectivity index (χ1) is 21.8. The van der Waals surface area contributed by atoms with Gasteiger partial charge >= 0.3 is 5.97 Å². The highest BCUT2D eigenvalue weighted by Crippen LogP contribution is 2.45. The van der Waals surface area contributed by atoms with Crippen molar-refractivity contribution in [3.8, 4) is 5.75 Å². The average molecular weight is 629 g/mol. The maximum Gasteiger partial charge on any atom is 0.309 e. The Morgan fingerprint density at radius 1 is 0.733 bits per heavy atom. The number of halogens is 4. The normalized spacial score (nSPS) is 27.4. The van der Waals surface area contributed by atoms with Crippen molar-refractivity contribution in [2.24, 2.45) is 17.8 Å². The third-order valence-corrected chi connectivity index (χ3v) is 10.8. The number of rotatable bonds is 10. The molecule has 0 N–H and O–H groups in total. The minimum absolute atomic E-state index is 0.0263. The number of hydrogen-bond donors (Lipinski definition) is 0. The van der Waals surface area contributed by atoms with Gasteiger partial charge in [0.1, 0.15) is 6.10 Å². The molecule has 5 rings (SSSR count). The Morgan fingerprint density at radius 2 is 1.29 bits per heavy atom. The highest BCUT2D eigenvalue weighted by Gasteiger charge is 2.35. The fourth-order valence-corrected chi connectivity index (χ4v) is 8.13. The Hall–Kier alpha value is -2.83. The van der Waals surface area contributed by atoms with Gasteiger partial charge in [-0.2, -0.15) is 4.39 Å². The SMILES string of the molecule is CC=CCCc1ccc(C2CCC(C(=O)OC3CCC(C4CCC(c5ccc(OCC)c(F)c5F)CC4)CC3)CC2)c(F)c1F. The van der Waals surface area contributed by atoms with E-state index in [1.54, 1.807) is 31.2 Å². The quantitative estimate of drug-likeness (QED) is 0.149. The molecular weight excluding hydrogens is 580 g/mol. The van der Waals surface area contributed by atoms with Gasteiger partial charge in [0.15, 0.2) is 23.2 Å². The van der Waals surface area contributed by atoms with Crippen molar-refractivity contribution >= 4 is 5.97 Å². The predicted molar refractivity (Wildman–Crippen MR) is 168 cm³/mol. The van der Waals surface area contributed by atoms with Crippen LogP contribution in [0.2, 0.25) is 0 Å². The highest BCUT2D eigenvalue weighted by molar-refractivity contribution is 5.72. The summed E-state index contributed by atoms with van der Waals surface area (Å²) in [7, 11) is 0. The topological polar surface area (TPSA) is 35.5 Å². The van der Waals surface area contributed by atoms with E-state index in [9.17, 15) is 22.4 Å². The molecule has 2 aromatic carbocycles. The number of benzene rings is 2. The number of carbonyl (C=O) groups excluding carboxylic acids is 1. The largest absolute Gasteiger partial charge is 0.491 e. The lowest BCUT2D eigenvalue weighted by atomic mass is 9.69. The Morgan fingerprint density at radius 3 is 1.89 bits per heavy atom. The third-order valence-electron chi connectivity index (χ3n) is 10.8. The van der Waals surface area contributed by atoms with E-state index in [2.05, 4.69) is 0 Å². The van der Waals surface area contributed by atoms with Crippen LogP contribution in [0.1, 0.15) is 126 Å². The van der Waals surface area contributed by atoms with Crippen LogP contribution >= 0.6 is 0 Å². The van der Waals surface area contributed by atoms with Gasteiger partial charge in [-0.05, 0) is 150 Å². The van der Waals surface area contributed by atoms with Crippen LogP contribution in [0.25, 0.3) is 0 Å². The van der Waals surface area contributed by atoms with Crippen molar-refractivity contribution < 1.29 is 31.8 Å². The van der Waals surface area contributed by atoms with Gasteiger partial charge in [0.2, 0.25) is 5.82 Å². The van der Waals surface area contributed by atoms with Gasteiger partial charge in [-0.15, -0.1) is 0 Å². The molecule has 0 unspecified atom stereocenters. The molecule has 3 saturated carbocycles. The number of hydrogen-bond acceptors (Lipinski definition) is 3. The van der Waals surface area contributed by atoms with Gasteiger partial charge in [0.05, 0.1) is 12.5 Å². The summed E-state index contributed by atoms with van der Waals surface area (Å²) in [5.41, 5.74) is 1.30. The molecule has 0 heterocycles. The summed E-state index contributed by atoms with van der Waals surface area (Å²) in [6, 6.07) is 6.67. The molecule has 3 aliphatic carbocycles. The Bertz CT molecular complexity index is 1320. The Labute approximate surface area is 265 Å². The lowest BCUT2D eigenvalue weighted by Crippen LogP contribution is -2.32. The van der Waals surface area contributed by atoms with Crippen LogP contribution in [0, 0.1) is 41.0 Å². The van der Waals surface area contributed by atoms with Crippen molar-refractivity contribution in [3.63, 3.8) is 0 Å². The summed E-state index contributed by atoms with van der Waals surface area (Å²) in [6.07, 6.45) is 15.0. The van der Waals surface area contributed by atoms with E-state index in [0.717, 1.165) is 51.4 Å². The number of esters is 1. The molecule has 7 heteroatoms. The zero-order chi connectivity index (χ0) is 31.9. The molecule has 45 heavy (non-hydrogen) atoms. The van der Waals surface area contributed by atoms with E-state index < -0.39 is 23.3 Å². The van der Waals surface area contributed by atoms with Gasteiger partial charge in [0.25, 0.3) is 0 Å². The molecule has 0 bridgehead atoms. The minimum Gasteiger partial charge on any atom is -0.491 e. The van der Waals surface area contributed by atoms with E-state index in [1.807, 2.05) is 19.1 Å². The Kier molecular flexibility index (Phi) is 11.7. The van der Waals surface area contributed by atoms with Crippen LogP contribution < -0.4 is 4.74 Å². The van der Waals surface area contributed by atoms with Crippen LogP contribution in [0.5, 0.6) is 5.75 Å². The molecule has 0 amide bonds. The smallest absolute Gasteiger partial charge is 0.309 e. The maximum absolute atomic E-state index is 14.9. The zero-order valence-corrected chi connectivity index (χ0v) is 26.8. The standard InChI is InChI=1S/C38H48F4O3/c1-3-5-6-7-28-18-21-31(35(40)34(28)39)27-12-14-29(15-13-27)38(43)45-30-19-16-25(17-20-30)24-8-10-26(11-9-24)32-22-23-33(44-4-2)37(42)36(32)41/h3,5,18,21-27,29-30H,4,6-17,19-20H2,1-2H3. The van der Waals surface area contributed by atoms with Gasteiger partial charge in [0, 0.05) is 0 Å². The van der Waals surface area contributed by atoms with Crippen LogP contribution in [0.4, 0.5) is 17.6 Å². The molecular formula is C38H48F4O3. The van der Waals surface area contributed by atoms with Gasteiger partial charge < -0.3 is 9.47 Å². The van der Waals surface area contributed by atoms with Crippen LogP contribution in [-0.2, 0) is 16.0 Å². The van der Waals surface area contributed by atoms with Crippen molar-refractivity contribution in [2.75, 3.05) is 6.61 Å². The first kappa shape index (κ1) is 33.5. The molecule has 0 aliphatic heterocycles. The molecule has 2 aromatic rings. The minimum atomic E-state index is -0.886. The monoisotopic (exact) mass is 628 g/mol. The second-order valence-electron chi connectivity index (χ2n) is 13.4. The number of aryl methyl sites for hydroxylation is 1. The lowest BCUT2D eigenvalue weighted by molar-refractivity contribution is -0.157. The summed E-state index contributed by atoms with van der Waals surface area (Å²) in [4.78, 5) is 13.0. The summed E-state index contributed by atoms with van der Waals surface area (Å²) < 4.78 is 70.0. The summed E-state index contributed by atoms with van der Waals surface area (Å²) in [6.45, 7) is 3.95. The van der Waals surface area contributed by atoms with E-state index in [-0.39, 0.29) is 35.6 Å². The fourth-order valence-electron chi connectivity index (χ4n) is 8.13. The molecule has 0 radical (unpaired) electrons. The summed E-state index contributed by atoms with van der Waals surface area (Å²) >= 11 is 0. The molecule has 0 aromatic heterocycles. The second kappa shape index (κ2) is 15.6. The van der Waals surface area contributed by atoms with E-state index in [4.69, 9.17) is 9.47 Å². The molecule has 246 valence electrons. The Balaban J connectivity index is 1.04. The molecule has 0 spiro atoms. The second-order valence-corrected chi connectivity index (χ2v) is 13.4. The summed E-state index contributed by atoms with van der Waals surface area (Å²) in [5.74, 6) is -2.40. The highest BCUT2D eigenvalue weighted by atomic mass is 19.2. The predicted octanol–water partition coefficient (Wildman–Crippen LogP) is 10.5. The first-order valence-electron chi connectivity index (χ1n) is 17.2. The number of allylic oxidation sites excluding steroid dienone is 2. The number of ether oxygens (including phenoxy) is 2. The first-order valence-corrected chi connectivity index (χ1v) is 17.2. The van der Waals surface area contributed by atoms with E-state index >= 15 is 0 Å². The van der Waals surface area contributed by atoms with E-state index in [0.29, 0.717) is 73.7 Å². The fraction of sp³-hybridized carbons (Fsp3) is 0.605.